The predicted molar refractivity (Wildman–Crippen MR) is 50.3 cm³/mol. The molecule has 0 aliphatic heterocycles. The predicted octanol–water partition coefficient (Wildman–Crippen LogP) is 0.738. The molecule has 0 aliphatic rings. The maximum Gasteiger partial charge on any atom is 0.143 e. The second kappa shape index (κ2) is 2.74. The van der Waals surface area contributed by atoms with Crippen molar-refractivity contribution in [2.75, 3.05) is 0 Å². The van der Waals surface area contributed by atoms with Crippen molar-refractivity contribution in [2.45, 2.75) is 6.54 Å². The van der Waals surface area contributed by atoms with Crippen LogP contribution >= 0.6 is 0 Å². The topological polar surface area (TPSA) is 64.1 Å². The fourth-order valence-corrected chi connectivity index (χ4v) is 1.50. The highest BCUT2D eigenvalue weighted by atomic mass is 16.3. The van der Waals surface area contributed by atoms with Gasteiger partial charge in [-0.25, -0.2) is 0 Å². The van der Waals surface area contributed by atoms with E-state index < -0.39 is 0 Å². The molecule has 0 fully saturated rings. The summed E-state index contributed by atoms with van der Waals surface area (Å²) in [6.07, 6.45) is 0. The molecule has 2 aromatic rings. The lowest BCUT2D eigenvalue weighted by Crippen LogP contribution is -2.04. The summed E-state index contributed by atoms with van der Waals surface area (Å²) in [6, 6.07) is 5.32. The van der Waals surface area contributed by atoms with Crippen LogP contribution in [0.15, 0.2) is 18.2 Å². The van der Waals surface area contributed by atoms with E-state index in [4.69, 9.17) is 5.73 Å². The molecule has 1 aromatic heterocycles. The van der Waals surface area contributed by atoms with E-state index in [1.54, 1.807) is 16.8 Å². The summed E-state index contributed by atoms with van der Waals surface area (Å²) in [6.45, 7) is 0.427. The SMILES string of the molecule is Cn1nc2c(O)cccc2c1CN. The molecular formula is C9H11N3O. The number of benzene rings is 1. The summed E-state index contributed by atoms with van der Waals surface area (Å²) in [5, 5.41) is 14.6. The van der Waals surface area contributed by atoms with E-state index in [9.17, 15) is 5.11 Å². The first-order chi connectivity index (χ1) is 6.24. The quantitative estimate of drug-likeness (QED) is 0.675. The van der Waals surface area contributed by atoms with E-state index in [0.29, 0.717) is 12.1 Å². The van der Waals surface area contributed by atoms with Gasteiger partial charge in [0, 0.05) is 19.0 Å². The van der Waals surface area contributed by atoms with E-state index in [-0.39, 0.29) is 5.75 Å². The highest BCUT2D eigenvalue weighted by Gasteiger charge is 2.09. The minimum atomic E-state index is 0.202. The molecule has 0 saturated heterocycles. The summed E-state index contributed by atoms with van der Waals surface area (Å²) in [5.41, 5.74) is 7.12. The molecule has 1 heterocycles. The summed E-state index contributed by atoms with van der Waals surface area (Å²) in [7, 11) is 1.82. The molecule has 0 amide bonds. The third kappa shape index (κ3) is 1.07. The van der Waals surface area contributed by atoms with Gasteiger partial charge in [0.25, 0.3) is 0 Å². The van der Waals surface area contributed by atoms with Gasteiger partial charge < -0.3 is 10.8 Å². The maximum atomic E-state index is 9.49. The Balaban J connectivity index is 2.86. The van der Waals surface area contributed by atoms with E-state index in [0.717, 1.165) is 11.1 Å². The molecule has 0 unspecified atom stereocenters. The molecule has 2 rings (SSSR count). The van der Waals surface area contributed by atoms with Crippen LogP contribution in [0, 0.1) is 0 Å². The number of rotatable bonds is 1. The average molecular weight is 177 g/mol. The van der Waals surface area contributed by atoms with Crippen LogP contribution in [-0.4, -0.2) is 14.9 Å². The van der Waals surface area contributed by atoms with Gasteiger partial charge in [-0.15, -0.1) is 0 Å². The lowest BCUT2D eigenvalue weighted by Gasteiger charge is -1.96. The smallest absolute Gasteiger partial charge is 0.143 e. The average Bonchev–Trinajstić information content (AvgIpc) is 2.43. The Labute approximate surface area is 75.6 Å². The van der Waals surface area contributed by atoms with Crippen LogP contribution in [0.25, 0.3) is 10.9 Å². The van der Waals surface area contributed by atoms with Crippen LogP contribution in [0.4, 0.5) is 0 Å². The monoisotopic (exact) mass is 177 g/mol. The number of hydrogen-bond acceptors (Lipinski definition) is 3. The van der Waals surface area contributed by atoms with Crippen molar-refractivity contribution in [1.82, 2.24) is 9.78 Å². The number of nitrogens with zero attached hydrogens (tertiary/aromatic N) is 2. The van der Waals surface area contributed by atoms with Gasteiger partial charge in [-0.3, -0.25) is 4.68 Å². The first kappa shape index (κ1) is 8.07. The first-order valence-electron chi connectivity index (χ1n) is 4.07. The second-order valence-corrected chi connectivity index (χ2v) is 2.95. The van der Waals surface area contributed by atoms with Gasteiger partial charge in [-0.1, -0.05) is 12.1 Å². The Morgan fingerprint density at radius 3 is 3.00 bits per heavy atom. The number of nitrogens with two attached hydrogens (primary N) is 1. The summed E-state index contributed by atoms with van der Waals surface area (Å²) in [4.78, 5) is 0. The normalized spacial score (nSPS) is 10.9. The van der Waals surface area contributed by atoms with Crippen LogP contribution in [-0.2, 0) is 13.6 Å². The Kier molecular flexibility index (Phi) is 1.70. The van der Waals surface area contributed by atoms with E-state index in [2.05, 4.69) is 5.10 Å². The van der Waals surface area contributed by atoms with Crippen LogP contribution in [0.5, 0.6) is 5.75 Å². The molecule has 0 radical (unpaired) electrons. The third-order valence-corrected chi connectivity index (χ3v) is 2.16. The zero-order valence-corrected chi connectivity index (χ0v) is 7.36. The first-order valence-corrected chi connectivity index (χ1v) is 4.07. The fourth-order valence-electron chi connectivity index (χ4n) is 1.50. The van der Waals surface area contributed by atoms with Crippen LogP contribution in [0.3, 0.4) is 0 Å². The number of phenols is 1. The third-order valence-electron chi connectivity index (χ3n) is 2.16. The zero-order chi connectivity index (χ0) is 9.42. The largest absolute Gasteiger partial charge is 0.506 e. The molecule has 0 spiro atoms. The Morgan fingerprint density at radius 2 is 2.31 bits per heavy atom. The molecule has 0 bridgehead atoms. The lowest BCUT2D eigenvalue weighted by molar-refractivity contribution is 0.479. The molecule has 4 nitrogen and oxygen atoms in total. The van der Waals surface area contributed by atoms with Crippen LogP contribution in [0.2, 0.25) is 0 Å². The van der Waals surface area contributed by atoms with Gasteiger partial charge in [0.05, 0.1) is 5.69 Å². The molecule has 4 heteroatoms. The van der Waals surface area contributed by atoms with Gasteiger partial charge in [-0.05, 0) is 6.07 Å². The Hall–Kier alpha value is -1.55. The molecule has 1 aromatic carbocycles. The molecule has 0 saturated carbocycles. The number of fused-ring (bicyclic) bond motifs is 1. The minimum Gasteiger partial charge on any atom is -0.506 e. The molecule has 0 atom stereocenters. The maximum absolute atomic E-state index is 9.49. The number of aryl methyl sites for hydroxylation is 1. The molecule has 3 N–H and O–H groups in total. The standard InChI is InChI=1S/C9H11N3O/c1-12-7(5-10)6-3-2-4-8(13)9(6)11-12/h2-4,13H,5,10H2,1H3. The van der Waals surface area contributed by atoms with Gasteiger partial charge in [-0.2, -0.15) is 5.10 Å². The fraction of sp³-hybridized carbons (Fsp3) is 0.222. The second-order valence-electron chi connectivity index (χ2n) is 2.95. The number of aromatic nitrogens is 2. The van der Waals surface area contributed by atoms with Crippen molar-refractivity contribution in [1.29, 1.82) is 0 Å². The molecule has 0 aliphatic carbocycles. The lowest BCUT2D eigenvalue weighted by atomic mass is 10.2. The summed E-state index contributed by atoms with van der Waals surface area (Å²) in [5.74, 6) is 0.202. The number of aromatic hydroxyl groups is 1. The van der Waals surface area contributed by atoms with Crippen LogP contribution in [0.1, 0.15) is 5.69 Å². The van der Waals surface area contributed by atoms with Gasteiger partial charge in [0.2, 0.25) is 0 Å². The Bertz CT molecular complexity index is 447. The molecular weight excluding hydrogens is 166 g/mol. The van der Waals surface area contributed by atoms with E-state index in [1.165, 1.54) is 0 Å². The molecule has 13 heavy (non-hydrogen) atoms. The number of hydrogen-bond donors (Lipinski definition) is 2. The van der Waals surface area contributed by atoms with Crippen molar-refractivity contribution in [3.63, 3.8) is 0 Å². The summed E-state index contributed by atoms with van der Waals surface area (Å²) < 4.78 is 1.70. The zero-order valence-electron chi connectivity index (χ0n) is 7.36. The van der Waals surface area contributed by atoms with Crippen molar-refractivity contribution in [3.8, 4) is 5.75 Å². The van der Waals surface area contributed by atoms with Crippen molar-refractivity contribution in [3.05, 3.63) is 23.9 Å². The van der Waals surface area contributed by atoms with Crippen LogP contribution < -0.4 is 5.73 Å². The van der Waals surface area contributed by atoms with Crippen molar-refractivity contribution < 1.29 is 5.11 Å². The van der Waals surface area contributed by atoms with Gasteiger partial charge in [0.15, 0.2) is 0 Å². The Morgan fingerprint density at radius 1 is 1.54 bits per heavy atom. The van der Waals surface area contributed by atoms with Gasteiger partial charge in [0.1, 0.15) is 11.3 Å². The highest BCUT2D eigenvalue weighted by Crippen LogP contribution is 2.25. The summed E-state index contributed by atoms with van der Waals surface area (Å²) >= 11 is 0. The van der Waals surface area contributed by atoms with Crippen molar-refractivity contribution >= 4 is 10.9 Å². The molecule has 68 valence electrons. The highest BCUT2D eigenvalue weighted by molar-refractivity contribution is 5.86. The van der Waals surface area contributed by atoms with Crippen molar-refractivity contribution in [2.24, 2.45) is 12.8 Å². The van der Waals surface area contributed by atoms with Gasteiger partial charge >= 0.3 is 0 Å². The number of phenolic OH excluding ortho intramolecular Hbond substituents is 1. The van der Waals surface area contributed by atoms with E-state index >= 15 is 0 Å². The van der Waals surface area contributed by atoms with E-state index in [1.807, 2.05) is 13.1 Å². The minimum absolute atomic E-state index is 0.202.